The molecule has 1 heterocycles. The summed E-state index contributed by atoms with van der Waals surface area (Å²) in [5, 5.41) is 12.3. The van der Waals surface area contributed by atoms with E-state index in [9.17, 15) is 9.59 Å². The Morgan fingerprint density at radius 3 is 2.36 bits per heavy atom. The zero-order chi connectivity index (χ0) is 23.8. The molecule has 2 aromatic carbocycles. The maximum absolute atomic E-state index is 12.8. The molecule has 0 aliphatic heterocycles. The number of rotatable bonds is 11. The second-order valence-electron chi connectivity index (χ2n) is 8.66. The van der Waals surface area contributed by atoms with E-state index in [4.69, 9.17) is 0 Å². The van der Waals surface area contributed by atoms with Gasteiger partial charge in [0, 0.05) is 31.1 Å². The van der Waals surface area contributed by atoms with Crippen molar-refractivity contribution < 1.29 is 9.59 Å². The molecule has 0 spiro atoms. The van der Waals surface area contributed by atoms with Crippen LogP contribution in [0.15, 0.2) is 53.7 Å². The Morgan fingerprint density at radius 1 is 1.03 bits per heavy atom. The van der Waals surface area contributed by atoms with Gasteiger partial charge in [-0.3, -0.25) is 14.2 Å². The lowest BCUT2D eigenvalue weighted by atomic mass is 10.0. The molecule has 1 aromatic heterocycles. The molecule has 33 heavy (non-hydrogen) atoms. The summed E-state index contributed by atoms with van der Waals surface area (Å²) in [6.07, 6.45) is 2.44. The molecule has 1 amide bonds. The van der Waals surface area contributed by atoms with Crippen LogP contribution in [0.1, 0.15) is 54.5 Å². The second-order valence-corrected chi connectivity index (χ2v) is 9.61. The van der Waals surface area contributed by atoms with Crippen LogP contribution < -0.4 is 5.32 Å². The Balaban J connectivity index is 1.72. The molecule has 0 saturated carbocycles. The molecule has 0 unspecified atom stereocenters. The summed E-state index contributed by atoms with van der Waals surface area (Å²) < 4.78 is 2.01. The molecule has 0 radical (unpaired) electrons. The fourth-order valence-corrected chi connectivity index (χ4v) is 4.40. The number of aryl methyl sites for hydroxylation is 2. The number of ketones is 1. The predicted molar refractivity (Wildman–Crippen MR) is 133 cm³/mol. The molecule has 0 atom stereocenters. The number of nitrogens with zero attached hydrogens (tertiary/aromatic N) is 3. The normalized spacial score (nSPS) is 11.1. The number of aromatic nitrogens is 3. The van der Waals surface area contributed by atoms with Crippen LogP contribution in [0.4, 0.5) is 0 Å². The van der Waals surface area contributed by atoms with Crippen LogP contribution in [-0.2, 0) is 17.6 Å². The maximum atomic E-state index is 12.8. The van der Waals surface area contributed by atoms with Crippen molar-refractivity contribution >= 4 is 23.5 Å². The molecule has 6 nitrogen and oxygen atoms in total. The number of amides is 1. The summed E-state index contributed by atoms with van der Waals surface area (Å²) in [7, 11) is 0. The lowest BCUT2D eigenvalue weighted by Crippen LogP contribution is -2.21. The van der Waals surface area contributed by atoms with Gasteiger partial charge in [0.25, 0.3) is 0 Å². The lowest BCUT2D eigenvalue weighted by Gasteiger charge is -2.11. The van der Waals surface area contributed by atoms with Gasteiger partial charge in [0.05, 0.1) is 5.75 Å². The first-order valence-corrected chi connectivity index (χ1v) is 12.3. The molecule has 174 valence electrons. The molecule has 0 aliphatic rings. The van der Waals surface area contributed by atoms with Crippen molar-refractivity contribution in [2.45, 2.75) is 52.1 Å². The summed E-state index contributed by atoms with van der Waals surface area (Å²) in [6.45, 7) is 8.52. The Kier molecular flexibility index (Phi) is 8.83. The molecule has 3 rings (SSSR count). The van der Waals surface area contributed by atoms with Gasteiger partial charge in [-0.25, -0.2) is 0 Å². The fraction of sp³-hybridized carbons (Fsp3) is 0.385. The summed E-state index contributed by atoms with van der Waals surface area (Å²) >= 11 is 1.40. The number of carbonyl (C=O) groups is 2. The Hall–Kier alpha value is -2.93. The summed E-state index contributed by atoms with van der Waals surface area (Å²) in [5.41, 5.74) is 4.10. The summed E-state index contributed by atoms with van der Waals surface area (Å²) in [4.78, 5) is 23.9. The van der Waals surface area contributed by atoms with Crippen molar-refractivity contribution in [1.29, 1.82) is 0 Å². The topological polar surface area (TPSA) is 76.9 Å². The molecule has 1 N–H and O–H groups in total. The largest absolute Gasteiger partial charge is 0.356 e. The van der Waals surface area contributed by atoms with Crippen molar-refractivity contribution in [1.82, 2.24) is 20.1 Å². The predicted octanol–water partition coefficient (Wildman–Crippen LogP) is 4.82. The minimum absolute atomic E-state index is 0.0398. The van der Waals surface area contributed by atoms with Crippen molar-refractivity contribution in [3.63, 3.8) is 0 Å². The number of thioether (sulfide) groups is 1. The van der Waals surface area contributed by atoms with Crippen molar-refractivity contribution in [3.05, 3.63) is 71.0 Å². The van der Waals surface area contributed by atoms with E-state index in [0.29, 0.717) is 35.4 Å². The number of hydrogen-bond donors (Lipinski definition) is 1. The zero-order valence-electron chi connectivity index (χ0n) is 19.8. The SMILES string of the molecule is CC(=O)NCCCc1nnc(SCC(=O)c2ccc(CC(C)C)cc2)n1-c1ccc(C)cc1. The molecule has 0 fully saturated rings. The van der Waals surface area contributed by atoms with Gasteiger partial charge in [-0.15, -0.1) is 10.2 Å². The maximum Gasteiger partial charge on any atom is 0.216 e. The van der Waals surface area contributed by atoms with E-state index in [1.807, 2.05) is 47.9 Å². The van der Waals surface area contributed by atoms with Gasteiger partial charge in [-0.05, 0) is 43.4 Å². The van der Waals surface area contributed by atoms with Crippen LogP contribution in [0.25, 0.3) is 5.69 Å². The van der Waals surface area contributed by atoms with Gasteiger partial charge in [-0.2, -0.15) is 0 Å². The Morgan fingerprint density at radius 2 is 1.73 bits per heavy atom. The van der Waals surface area contributed by atoms with E-state index in [1.54, 1.807) is 0 Å². The first-order valence-electron chi connectivity index (χ1n) is 11.3. The highest BCUT2D eigenvalue weighted by Gasteiger charge is 2.16. The van der Waals surface area contributed by atoms with Crippen molar-refractivity contribution in [3.8, 4) is 5.69 Å². The van der Waals surface area contributed by atoms with Gasteiger partial charge in [-0.1, -0.05) is 67.6 Å². The molecular formula is C26H32N4O2S. The highest BCUT2D eigenvalue weighted by molar-refractivity contribution is 7.99. The average molecular weight is 465 g/mol. The number of carbonyl (C=O) groups excluding carboxylic acids is 2. The van der Waals surface area contributed by atoms with Gasteiger partial charge < -0.3 is 5.32 Å². The van der Waals surface area contributed by atoms with Gasteiger partial charge in [0.15, 0.2) is 10.9 Å². The monoisotopic (exact) mass is 464 g/mol. The smallest absolute Gasteiger partial charge is 0.216 e. The van der Waals surface area contributed by atoms with E-state index in [0.717, 1.165) is 24.4 Å². The number of Topliss-reactive ketones (excluding diaryl/α,β-unsaturated/α-hetero) is 1. The third-order valence-electron chi connectivity index (χ3n) is 5.20. The highest BCUT2D eigenvalue weighted by Crippen LogP contribution is 2.24. The van der Waals surface area contributed by atoms with Crippen LogP contribution in [0, 0.1) is 12.8 Å². The number of nitrogens with one attached hydrogen (secondary N) is 1. The van der Waals surface area contributed by atoms with E-state index in [1.165, 1.54) is 29.8 Å². The lowest BCUT2D eigenvalue weighted by molar-refractivity contribution is -0.118. The molecule has 0 aliphatic carbocycles. The van der Waals surface area contributed by atoms with Crippen LogP contribution >= 0.6 is 11.8 Å². The number of hydrogen-bond acceptors (Lipinski definition) is 5. The van der Waals surface area contributed by atoms with Gasteiger partial charge in [0.2, 0.25) is 5.91 Å². The summed E-state index contributed by atoms with van der Waals surface area (Å²) in [6, 6.07) is 16.1. The quantitative estimate of drug-likeness (QED) is 0.250. The van der Waals surface area contributed by atoms with Crippen LogP contribution in [0.2, 0.25) is 0 Å². The first kappa shape index (κ1) is 24.7. The zero-order valence-corrected chi connectivity index (χ0v) is 20.6. The standard InChI is InChI=1S/C26H32N4O2S/c1-18(2)16-21-9-11-22(12-10-21)24(32)17-33-26-29-28-25(6-5-15-27-20(4)31)30(26)23-13-7-19(3)8-14-23/h7-14,18H,5-6,15-17H2,1-4H3,(H,27,31). The fourth-order valence-electron chi connectivity index (χ4n) is 3.53. The first-order chi connectivity index (χ1) is 15.8. The molecule has 0 bridgehead atoms. The third kappa shape index (κ3) is 7.29. The van der Waals surface area contributed by atoms with E-state index in [2.05, 4.69) is 41.5 Å². The van der Waals surface area contributed by atoms with Gasteiger partial charge >= 0.3 is 0 Å². The molecular weight excluding hydrogens is 432 g/mol. The van der Waals surface area contributed by atoms with E-state index < -0.39 is 0 Å². The average Bonchev–Trinajstić information content (AvgIpc) is 3.18. The van der Waals surface area contributed by atoms with Crippen LogP contribution in [0.5, 0.6) is 0 Å². The minimum atomic E-state index is -0.0398. The van der Waals surface area contributed by atoms with E-state index >= 15 is 0 Å². The van der Waals surface area contributed by atoms with Crippen molar-refractivity contribution in [2.75, 3.05) is 12.3 Å². The number of benzene rings is 2. The summed E-state index contributed by atoms with van der Waals surface area (Å²) in [5.74, 6) is 1.73. The molecule has 7 heteroatoms. The van der Waals surface area contributed by atoms with Crippen LogP contribution in [-0.4, -0.2) is 38.8 Å². The van der Waals surface area contributed by atoms with E-state index in [-0.39, 0.29) is 11.7 Å². The van der Waals surface area contributed by atoms with Gasteiger partial charge in [0.1, 0.15) is 5.82 Å². The minimum Gasteiger partial charge on any atom is -0.356 e. The van der Waals surface area contributed by atoms with Crippen LogP contribution in [0.3, 0.4) is 0 Å². The third-order valence-corrected chi connectivity index (χ3v) is 6.12. The Bertz CT molecular complexity index is 1070. The molecule has 3 aromatic rings. The molecule has 0 saturated heterocycles. The second kappa shape index (κ2) is 11.8. The highest BCUT2D eigenvalue weighted by atomic mass is 32.2. The Labute approximate surface area is 200 Å². The van der Waals surface area contributed by atoms with Crippen molar-refractivity contribution in [2.24, 2.45) is 5.92 Å².